The maximum Gasteiger partial charge on any atom is 0.145 e. The van der Waals surface area contributed by atoms with Crippen LogP contribution in [-0.4, -0.2) is 18.0 Å². The van der Waals surface area contributed by atoms with Crippen molar-refractivity contribution >= 4 is 17.2 Å². The lowest BCUT2D eigenvalue weighted by Gasteiger charge is -2.32. The highest BCUT2D eigenvalue weighted by molar-refractivity contribution is 5.90. The van der Waals surface area contributed by atoms with Gasteiger partial charge in [0.25, 0.3) is 0 Å². The molecule has 0 bridgehead atoms. The van der Waals surface area contributed by atoms with Crippen molar-refractivity contribution in [2.45, 2.75) is 18.4 Å². The van der Waals surface area contributed by atoms with Crippen LogP contribution in [0.25, 0.3) is 0 Å². The van der Waals surface area contributed by atoms with E-state index in [-0.39, 0.29) is 29.4 Å². The van der Waals surface area contributed by atoms with E-state index >= 15 is 0 Å². The van der Waals surface area contributed by atoms with Crippen LogP contribution in [0.2, 0.25) is 0 Å². The van der Waals surface area contributed by atoms with Gasteiger partial charge in [0.1, 0.15) is 17.3 Å². The molecule has 0 saturated heterocycles. The van der Waals surface area contributed by atoms with Crippen molar-refractivity contribution in [3.63, 3.8) is 0 Å². The van der Waals surface area contributed by atoms with Crippen LogP contribution < -0.4 is 15.4 Å². The Morgan fingerprint density at radius 1 is 0.935 bits per heavy atom. The topological polar surface area (TPSA) is 70.6 Å². The maximum absolute atomic E-state index is 13.5. The molecule has 5 rings (SSSR count). The Balaban J connectivity index is 1.60. The minimum absolute atomic E-state index is 0.00718. The fraction of sp³-hybridized carbons (Fsp3) is 0.192. The Morgan fingerprint density at radius 3 is 2.45 bits per heavy atom. The molecular weight excluding hydrogens is 388 g/mol. The van der Waals surface area contributed by atoms with E-state index in [4.69, 9.17) is 4.74 Å². The van der Waals surface area contributed by atoms with Gasteiger partial charge in [0, 0.05) is 18.0 Å². The van der Waals surface area contributed by atoms with Crippen molar-refractivity contribution in [1.82, 2.24) is 0 Å². The zero-order chi connectivity index (χ0) is 21.4. The first-order valence-corrected chi connectivity index (χ1v) is 10.4. The largest absolute Gasteiger partial charge is 0.508 e. The Bertz CT molecular complexity index is 1150. The van der Waals surface area contributed by atoms with Gasteiger partial charge in [0.2, 0.25) is 0 Å². The van der Waals surface area contributed by atoms with E-state index in [0.29, 0.717) is 6.42 Å². The molecule has 31 heavy (non-hydrogen) atoms. The lowest BCUT2D eigenvalue weighted by Crippen LogP contribution is -2.33. The number of carbonyl (C=O) groups excluding carboxylic acids is 1. The van der Waals surface area contributed by atoms with Crippen LogP contribution in [0, 0.1) is 5.92 Å². The van der Waals surface area contributed by atoms with Crippen LogP contribution in [0.4, 0.5) is 11.4 Å². The summed E-state index contributed by atoms with van der Waals surface area (Å²) >= 11 is 0. The molecule has 2 aliphatic rings. The summed E-state index contributed by atoms with van der Waals surface area (Å²) in [6.45, 7) is 0. The number of fused-ring (bicyclic) bond motifs is 2. The van der Waals surface area contributed by atoms with Gasteiger partial charge >= 0.3 is 0 Å². The van der Waals surface area contributed by atoms with Gasteiger partial charge in [-0.2, -0.15) is 0 Å². The maximum atomic E-state index is 13.5. The van der Waals surface area contributed by atoms with E-state index in [1.165, 1.54) is 0 Å². The normalized spacial score (nSPS) is 22.2. The molecular formula is C26H24N2O3. The van der Waals surface area contributed by atoms with Gasteiger partial charge in [-0.15, -0.1) is 0 Å². The first kappa shape index (κ1) is 19.2. The first-order valence-electron chi connectivity index (χ1n) is 10.4. The molecule has 3 atom stereocenters. The predicted octanol–water partition coefficient (Wildman–Crippen LogP) is 5.24. The highest BCUT2D eigenvalue weighted by Gasteiger charge is 2.39. The van der Waals surface area contributed by atoms with Crippen molar-refractivity contribution in [2.24, 2.45) is 5.92 Å². The van der Waals surface area contributed by atoms with Gasteiger partial charge in [-0.1, -0.05) is 42.5 Å². The smallest absolute Gasteiger partial charge is 0.145 e. The number of para-hydroxylation sites is 2. The van der Waals surface area contributed by atoms with Crippen molar-refractivity contribution in [3.05, 3.63) is 95.7 Å². The number of ether oxygens (including phenoxy) is 1. The van der Waals surface area contributed by atoms with Crippen LogP contribution in [0.15, 0.2) is 84.6 Å². The second-order valence-corrected chi connectivity index (χ2v) is 8.04. The summed E-state index contributed by atoms with van der Waals surface area (Å²) in [4.78, 5) is 13.5. The molecule has 0 amide bonds. The Morgan fingerprint density at radius 2 is 1.71 bits per heavy atom. The average molecular weight is 412 g/mol. The van der Waals surface area contributed by atoms with E-state index in [1.54, 1.807) is 19.2 Å². The summed E-state index contributed by atoms with van der Waals surface area (Å²) in [5, 5.41) is 17.1. The predicted molar refractivity (Wildman–Crippen MR) is 121 cm³/mol. The number of ketones is 1. The Hall–Kier alpha value is -3.73. The number of Topliss-reactive ketones (excluding diaryl/α,β-unsaturated/α-hetero) is 1. The molecule has 5 nitrogen and oxygen atoms in total. The highest BCUT2D eigenvalue weighted by atomic mass is 16.5. The molecule has 3 N–H and O–H groups in total. The van der Waals surface area contributed by atoms with Crippen LogP contribution in [0.5, 0.6) is 11.5 Å². The van der Waals surface area contributed by atoms with Gasteiger partial charge < -0.3 is 20.5 Å². The van der Waals surface area contributed by atoms with Gasteiger partial charge in [0.05, 0.1) is 30.4 Å². The summed E-state index contributed by atoms with van der Waals surface area (Å²) in [6.07, 6.45) is 2.60. The molecule has 0 aromatic heterocycles. The van der Waals surface area contributed by atoms with Crippen molar-refractivity contribution in [3.8, 4) is 11.5 Å². The lowest BCUT2D eigenvalue weighted by atomic mass is 9.76. The number of aromatic hydroxyl groups is 1. The number of anilines is 2. The number of hydrogen-bond acceptors (Lipinski definition) is 5. The number of carbonyl (C=O) groups is 1. The third-order valence-corrected chi connectivity index (χ3v) is 6.11. The fourth-order valence-corrected chi connectivity index (χ4v) is 4.56. The van der Waals surface area contributed by atoms with Gasteiger partial charge in [0.15, 0.2) is 0 Å². The number of nitrogens with one attached hydrogen (secondary N) is 2. The number of benzene rings is 3. The molecule has 0 fully saturated rings. The minimum Gasteiger partial charge on any atom is -0.508 e. The standard InChI is InChI=1S/C26H24N2O3/c1-31-20-11-9-16(10-12-20)18-14-23-25(24(30)15-18)26(17-5-4-6-19(29)13-17)28-22-8-3-2-7-21(22)27-23/h2-14,18,25-29H,15H2,1H3. The molecule has 3 aromatic carbocycles. The fourth-order valence-electron chi connectivity index (χ4n) is 4.56. The zero-order valence-corrected chi connectivity index (χ0v) is 17.2. The third kappa shape index (κ3) is 3.63. The lowest BCUT2D eigenvalue weighted by molar-refractivity contribution is -0.122. The molecule has 5 heteroatoms. The zero-order valence-electron chi connectivity index (χ0n) is 17.2. The van der Waals surface area contributed by atoms with E-state index in [1.807, 2.05) is 60.7 Å². The summed E-state index contributed by atoms with van der Waals surface area (Å²) in [5.41, 5.74) is 4.72. The van der Waals surface area contributed by atoms with Crippen LogP contribution in [0.1, 0.15) is 29.5 Å². The molecule has 3 aromatic rings. The van der Waals surface area contributed by atoms with Crippen LogP contribution in [0.3, 0.4) is 0 Å². The van der Waals surface area contributed by atoms with Crippen LogP contribution in [-0.2, 0) is 4.79 Å². The molecule has 0 radical (unpaired) electrons. The molecule has 1 aliphatic heterocycles. The SMILES string of the molecule is COc1ccc(C2C=C3Nc4ccccc4NC(c4cccc(O)c4)C3C(=O)C2)cc1. The second-order valence-electron chi connectivity index (χ2n) is 8.04. The quantitative estimate of drug-likeness (QED) is 0.549. The van der Waals surface area contributed by atoms with E-state index in [9.17, 15) is 9.90 Å². The average Bonchev–Trinajstić information content (AvgIpc) is 2.96. The Labute approximate surface area is 181 Å². The summed E-state index contributed by atoms with van der Waals surface area (Å²) in [6, 6.07) is 22.7. The number of methoxy groups -OCH3 is 1. The van der Waals surface area contributed by atoms with E-state index < -0.39 is 0 Å². The van der Waals surface area contributed by atoms with E-state index in [2.05, 4.69) is 16.7 Å². The van der Waals surface area contributed by atoms with Crippen LogP contribution >= 0.6 is 0 Å². The minimum atomic E-state index is -0.372. The number of hydrogen-bond donors (Lipinski definition) is 3. The Kier molecular flexibility index (Phi) is 4.86. The summed E-state index contributed by atoms with van der Waals surface area (Å²) in [7, 11) is 1.65. The molecule has 3 unspecified atom stereocenters. The summed E-state index contributed by atoms with van der Waals surface area (Å²) in [5.74, 6) is 0.774. The number of phenolic OH excluding ortho intramolecular Hbond substituents is 1. The molecule has 0 saturated carbocycles. The van der Waals surface area contributed by atoms with Gasteiger partial charge in [-0.3, -0.25) is 4.79 Å². The van der Waals surface area contributed by atoms with Gasteiger partial charge in [-0.05, 0) is 47.5 Å². The number of allylic oxidation sites excluding steroid dienone is 1. The molecule has 0 spiro atoms. The molecule has 1 aliphatic carbocycles. The van der Waals surface area contributed by atoms with Crippen molar-refractivity contribution in [1.29, 1.82) is 0 Å². The van der Waals surface area contributed by atoms with E-state index in [0.717, 1.165) is 33.9 Å². The highest BCUT2D eigenvalue weighted by Crippen LogP contribution is 2.44. The van der Waals surface area contributed by atoms with Gasteiger partial charge in [-0.25, -0.2) is 0 Å². The first-order chi connectivity index (χ1) is 15.1. The van der Waals surface area contributed by atoms with Crippen molar-refractivity contribution < 1.29 is 14.6 Å². The van der Waals surface area contributed by atoms with Crippen molar-refractivity contribution in [2.75, 3.05) is 17.7 Å². The monoisotopic (exact) mass is 412 g/mol. The third-order valence-electron chi connectivity index (χ3n) is 6.11. The number of phenols is 1. The second kappa shape index (κ2) is 7.84. The molecule has 156 valence electrons. The number of rotatable bonds is 3. The summed E-state index contributed by atoms with van der Waals surface area (Å²) < 4.78 is 5.27. The molecule has 1 heterocycles.